The molecule has 0 atom stereocenters. The molecule has 1 aliphatic rings. The summed E-state index contributed by atoms with van der Waals surface area (Å²) in [5.41, 5.74) is 1.70. The highest BCUT2D eigenvalue weighted by atomic mass is 16.5. The van der Waals surface area contributed by atoms with Crippen LogP contribution in [0.3, 0.4) is 0 Å². The van der Waals surface area contributed by atoms with Crippen LogP contribution >= 0.6 is 0 Å². The van der Waals surface area contributed by atoms with E-state index in [-0.39, 0.29) is 0 Å². The third-order valence-electron chi connectivity index (χ3n) is 4.17. The van der Waals surface area contributed by atoms with Gasteiger partial charge in [-0.05, 0) is 35.2 Å². The fourth-order valence-electron chi connectivity index (χ4n) is 2.97. The molecule has 0 N–H and O–H groups in total. The topological polar surface area (TPSA) is 59.0 Å². The maximum absolute atomic E-state index is 12.7. The van der Waals surface area contributed by atoms with Crippen molar-refractivity contribution >= 4 is 28.8 Å². The quantitative estimate of drug-likeness (QED) is 0.546. The van der Waals surface area contributed by atoms with E-state index < -0.39 is 11.8 Å². The van der Waals surface area contributed by atoms with Crippen LogP contribution in [0.2, 0.25) is 0 Å². The van der Waals surface area contributed by atoms with Crippen LogP contribution in [-0.2, 0) is 0 Å². The molecule has 0 bridgehead atoms. The number of amides is 2. The van der Waals surface area contributed by atoms with Gasteiger partial charge in [0.25, 0.3) is 11.8 Å². The third-order valence-corrected chi connectivity index (χ3v) is 4.17. The zero-order valence-electron chi connectivity index (χ0n) is 13.5. The van der Waals surface area contributed by atoms with Gasteiger partial charge in [-0.1, -0.05) is 36.4 Å². The van der Waals surface area contributed by atoms with E-state index in [2.05, 4.69) is 5.10 Å². The second-order valence-electron chi connectivity index (χ2n) is 5.65. The smallest absolute Gasteiger partial charge is 0.282 e. The van der Waals surface area contributed by atoms with Crippen LogP contribution in [0.15, 0.2) is 65.8 Å². The molecular formula is C20H14N2O3. The first kappa shape index (κ1) is 15.1. The minimum Gasteiger partial charge on any atom is -0.497 e. The van der Waals surface area contributed by atoms with E-state index >= 15 is 0 Å². The Bertz CT molecular complexity index is 989. The lowest BCUT2D eigenvalue weighted by atomic mass is 9.95. The van der Waals surface area contributed by atoms with Gasteiger partial charge in [0.05, 0.1) is 24.5 Å². The van der Waals surface area contributed by atoms with Crippen molar-refractivity contribution < 1.29 is 14.3 Å². The third kappa shape index (κ3) is 2.46. The summed E-state index contributed by atoms with van der Waals surface area (Å²) < 4.78 is 5.16. The molecule has 0 unspecified atom stereocenters. The van der Waals surface area contributed by atoms with Gasteiger partial charge >= 0.3 is 0 Å². The highest BCUT2D eigenvalue weighted by molar-refractivity contribution is 6.25. The normalized spacial score (nSPS) is 13.7. The predicted molar refractivity (Wildman–Crippen MR) is 95.0 cm³/mol. The fourth-order valence-corrected chi connectivity index (χ4v) is 2.97. The van der Waals surface area contributed by atoms with Gasteiger partial charge in [0.1, 0.15) is 5.75 Å². The summed E-state index contributed by atoms with van der Waals surface area (Å²) in [7, 11) is 1.57. The number of hydrogen-bond acceptors (Lipinski definition) is 4. The Morgan fingerprint density at radius 2 is 1.56 bits per heavy atom. The largest absolute Gasteiger partial charge is 0.497 e. The van der Waals surface area contributed by atoms with E-state index in [1.165, 1.54) is 6.21 Å². The Hall–Kier alpha value is -3.47. The zero-order valence-corrected chi connectivity index (χ0v) is 13.5. The summed E-state index contributed by atoms with van der Waals surface area (Å²) in [6.07, 6.45) is 1.48. The predicted octanol–water partition coefficient (Wildman–Crippen LogP) is 3.48. The van der Waals surface area contributed by atoms with Crippen molar-refractivity contribution in [1.82, 2.24) is 5.01 Å². The molecule has 0 aromatic heterocycles. The average Bonchev–Trinajstić information content (AvgIpc) is 2.66. The van der Waals surface area contributed by atoms with Gasteiger partial charge in [0.2, 0.25) is 0 Å². The summed E-state index contributed by atoms with van der Waals surface area (Å²) >= 11 is 0. The van der Waals surface area contributed by atoms with E-state index in [0.29, 0.717) is 22.3 Å². The monoisotopic (exact) mass is 330 g/mol. The number of imide groups is 1. The summed E-state index contributed by atoms with van der Waals surface area (Å²) in [6, 6.07) is 18.0. The molecule has 0 radical (unpaired) electrons. The lowest BCUT2D eigenvalue weighted by Crippen LogP contribution is -2.36. The van der Waals surface area contributed by atoms with Gasteiger partial charge in [-0.3, -0.25) is 9.59 Å². The van der Waals surface area contributed by atoms with Crippen molar-refractivity contribution in [2.45, 2.75) is 0 Å². The minimum absolute atomic E-state index is 0.423. The molecule has 5 heteroatoms. The Balaban J connectivity index is 1.76. The summed E-state index contributed by atoms with van der Waals surface area (Å²) in [5, 5.41) is 6.60. The number of nitrogens with zero attached hydrogens (tertiary/aromatic N) is 2. The Morgan fingerprint density at radius 3 is 2.20 bits per heavy atom. The number of ether oxygens (including phenoxy) is 1. The standard InChI is InChI=1S/C20H14N2O3/c1-25-15-8-2-5-13(11-15)12-21-22-19(23)16-9-3-6-14-7-4-10-17(18(14)16)20(22)24/h2-12H,1H3/b21-12+. The molecule has 0 fully saturated rings. The van der Waals surface area contributed by atoms with Crippen LogP contribution in [0.25, 0.3) is 10.8 Å². The Labute approximate surface area is 144 Å². The number of benzene rings is 3. The molecule has 25 heavy (non-hydrogen) atoms. The molecule has 3 aromatic rings. The average molecular weight is 330 g/mol. The highest BCUT2D eigenvalue weighted by Gasteiger charge is 2.32. The van der Waals surface area contributed by atoms with Gasteiger partial charge in [0, 0.05) is 5.39 Å². The molecule has 3 aromatic carbocycles. The SMILES string of the molecule is COc1cccc(/C=N/N2C(=O)c3cccc4cccc(c34)C2=O)c1. The lowest BCUT2D eigenvalue weighted by molar-refractivity contribution is 0.0616. The number of rotatable bonds is 3. The van der Waals surface area contributed by atoms with Gasteiger partial charge in [-0.25, -0.2) is 0 Å². The molecule has 0 saturated heterocycles. The van der Waals surface area contributed by atoms with Gasteiger partial charge < -0.3 is 4.74 Å². The van der Waals surface area contributed by atoms with Gasteiger partial charge in [-0.2, -0.15) is 10.1 Å². The van der Waals surface area contributed by atoms with Gasteiger partial charge in [0.15, 0.2) is 0 Å². The number of carbonyl (C=O) groups is 2. The summed E-state index contributed by atoms with van der Waals surface area (Å²) in [4.78, 5) is 25.4. The number of hydrogen-bond donors (Lipinski definition) is 0. The van der Waals surface area contributed by atoms with Crippen LogP contribution in [0, 0.1) is 0 Å². The molecule has 0 saturated carbocycles. The van der Waals surface area contributed by atoms with Crippen molar-refractivity contribution in [2.75, 3.05) is 7.11 Å². The number of hydrazone groups is 1. The first-order valence-electron chi connectivity index (χ1n) is 7.77. The lowest BCUT2D eigenvalue weighted by Gasteiger charge is -2.22. The zero-order chi connectivity index (χ0) is 17.4. The molecule has 5 nitrogen and oxygen atoms in total. The summed E-state index contributed by atoms with van der Waals surface area (Å²) in [5.74, 6) is -0.169. The first-order chi connectivity index (χ1) is 12.2. The van der Waals surface area contributed by atoms with Crippen LogP contribution in [0.1, 0.15) is 26.3 Å². The Morgan fingerprint density at radius 1 is 0.920 bits per heavy atom. The molecule has 4 rings (SSSR count). The molecule has 0 spiro atoms. The maximum atomic E-state index is 12.7. The highest BCUT2D eigenvalue weighted by Crippen LogP contribution is 2.30. The van der Waals surface area contributed by atoms with Crippen molar-refractivity contribution in [3.63, 3.8) is 0 Å². The van der Waals surface area contributed by atoms with Gasteiger partial charge in [-0.15, -0.1) is 0 Å². The van der Waals surface area contributed by atoms with E-state index in [9.17, 15) is 9.59 Å². The van der Waals surface area contributed by atoms with Crippen molar-refractivity contribution in [1.29, 1.82) is 0 Å². The Kier molecular flexibility index (Phi) is 3.54. The maximum Gasteiger partial charge on any atom is 0.282 e. The molecule has 2 amide bonds. The molecule has 122 valence electrons. The number of methoxy groups -OCH3 is 1. The van der Waals surface area contributed by atoms with E-state index in [1.54, 1.807) is 37.4 Å². The first-order valence-corrected chi connectivity index (χ1v) is 7.77. The van der Waals surface area contributed by atoms with Crippen LogP contribution in [-0.4, -0.2) is 30.1 Å². The fraction of sp³-hybridized carbons (Fsp3) is 0.0500. The summed E-state index contributed by atoms with van der Waals surface area (Å²) in [6.45, 7) is 0. The second kappa shape index (κ2) is 5.87. The van der Waals surface area contributed by atoms with Crippen LogP contribution in [0.4, 0.5) is 0 Å². The second-order valence-corrected chi connectivity index (χ2v) is 5.65. The van der Waals surface area contributed by atoms with Crippen LogP contribution < -0.4 is 4.74 Å². The molecule has 0 aliphatic carbocycles. The van der Waals surface area contributed by atoms with E-state index in [4.69, 9.17) is 4.74 Å². The van der Waals surface area contributed by atoms with Crippen molar-refractivity contribution in [3.05, 3.63) is 77.4 Å². The van der Waals surface area contributed by atoms with Crippen molar-refractivity contribution in [3.8, 4) is 5.75 Å². The van der Waals surface area contributed by atoms with E-state index in [1.807, 2.05) is 30.3 Å². The van der Waals surface area contributed by atoms with Crippen LogP contribution in [0.5, 0.6) is 5.75 Å². The molecule has 1 aliphatic heterocycles. The van der Waals surface area contributed by atoms with Crippen molar-refractivity contribution in [2.24, 2.45) is 5.10 Å². The van der Waals surface area contributed by atoms with E-state index in [0.717, 1.165) is 16.0 Å². The molecule has 1 heterocycles. The number of carbonyl (C=O) groups excluding carboxylic acids is 2. The minimum atomic E-state index is -0.423. The molecular weight excluding hydrogens is 316 g/mol.